The molecule has 0 unspecified atom stereocenters. The van der Waals surface area contributed by atoms with Gasteiger partial charge < -0.3 is 19.2 Å². The van der Waals surface area contributed by atoms with E-state index in [4.69, 9.17) is 9.15 Å². The summed E-state index contributed by atoms with van der Waals surface area (Å²) in [6, 6.07) is 7.43. The van der Waals surface area contributed by atoms with E-state index < -0.39 is 11.4 Å². The number of thiophene rings is 1. The largest absolute Gasteiger partial charge is 0.481 e. The maximum Gasteiger partial charge on any atom is 0.311 e. The summed E-state index contributed by atoms with van der Waals surface area (Å²) in [6.45, 7) is 3.40. The molecular formula is C18H19NO5S. The van der Waals surface area contributed by atoms with Crippen LogP contribution in [-0.4, -0.2) is 48.2 Å². The van der Waals surface area contributed by atoms with Crippen molar-refractivity contribution in [3.8, 4) is 10.6 Å². The van der Waals surface area contributed by atoms with Crippen molar-refractivity contribution in [2.45, 2.75) is 13.3 Å². The Labute approximate surface area is 149 Å². The number of carbonyl (C=O) groups is 2. The molecule has 25 heavy (non-hydrogen) atoms. The Bertz CT molecular complexity index is 825. The first-order chi connectivity index (χ1) is 12.0. The topological polar surface area (TPSA) is 80.0 Å². The molecule has 4 heterocycles. The van der Waals surface area contributed by atoms with E-state index in [0.717, 1.165) is 16.4 Å². The SMILES string of the molecule is Cc1ccc(-c2ccc(C(=O)N3C[C@H]4COCC[C@@]4(C(=O)O)C3)s2)o1. The number of aryl methyl sites for hydroxylation is 1. The van der Waals surface area contributed by atoms with Crippen molar-refractivity contribution in [3.05, 3.63) is 34.9 Å². The number of furan rings is 1. The van der Waals surface area contributed by atoms with Crippen molar-refractivity contribution < 1.29 is 23.8 Å². The smallest absolute Gasteiger partial charge is 0.311 e. The van der Waals surface area contributed by atoms with E-state index in [0.29, 0.717) is 31.1 Å². The number of ether oxygens (including phenoxy) is 1. The van der Waals surface area contributed by atoms with Gasteiger partial charge in [-0.05, 0) is 37.6 Å². The highest BCUT2D eigenvalue weighted by Gasteiger charge is 2.55. The fourth-order valence-corrected chi connectivity index (χ4v) is 4.70. The molecule has 4 rings (SSSR count). The Balaban J connectivity index is 1.56. The number of fused-ring (bicyclic) bond motifs is 1. The van der Waals surface area contributed by atoms with E-state index in [1.165, 1.54) is 11.3 Å². The number of likely N-dealkylation sites (tertiary alicyclic amines) is 1. The molecule has 2 aromatic rings. The minimum Gasteiger partial charge on any atom is -0.481 e. The van der Waals surface area contributed by atoms with Crippen molar-refractivity contribution in [2.75, 3.05) is 26.3 Å². The maximum atomic E-state index is 12.9. The summed E-state index contributed by atoms with van der Waals surface area (Å²) in [6.07, 6.45) is 0.456. The zero-order valence-electron chi connectivity index (χ0n) is 13.9. The van der Waals surface area contributed by atoms with Gasteiger partial charge in [0.15, 0.2) is 0 Å². The van der Waals surface area contributed by atoms with Crippen molar-refractivity contribution in [1.82, 2.24) is 4.90 Å². The molecule has 0 bridgehead atoms. The monoisotopic (exact) mass is 361 g/mol. The molecule has 0 radical (unpaired) electrons. The van der Waals surface area contributed by atoms with Crippen LogP contribution in [0.15, 0.2) is 28.7 Å². The molecule has 132 valence electrons. The van der Waals surface area contributed by atoms with Gasteiger partial charge in [0.2, 0.25) is 0 Å². The van der Waals surface area contributed by atoms with Crippen LogP contribution in [-0.2, 0) is 9.53 Å². The fourth-order valence-electron chi connectivity index (χ4n) is 3.76. The van der Waals surface area contributed by atoms with E-state index in [2.05, 4.69) is 0 Å². The number of hydrogen-bond acceptors (Lipinski definition) is 5. The van der Waals surface area contributed by atoms with Crippen LogP contribution in [0.3, 0.4) is 0 Å². The van der Waals surface area contributed by atoms with Crippen LogP contribution in [0, 0.1) is 18.3 Å². The minimum atomic E-state index is -0.869. The van der Waals surface area contributed by atoms with Gasteiger partial charge in [-0.3, -0.25) is 9.59 Å². The number of carbonyl (C=O) groups excluding carboxylic acids is 1. The number of rotatable bonds is 3. The molecule has 2 saturated heterocycles. The van der Waals surface area contributed by atoms with Gasteiger partial charge in [0, 0.05) is 25.6 Å². The van der Waals surface area contributed by atoms with E-state index in [1.54, 1.807) is 11.0 Å². The highest BCUT2D eigenvalue weighted by Crippen LogP contribution is 2.43. The first-order valence-electron chi connectivity index (χ1n) is 8.27. The molecule has 2 aromatic heterocycles. The third-order valence-corrected chi connectivity index (χ3v) is 6.31. The van der Waals surface area contributed by atoms with Crippen molar-refractivity contribution in [2.24, 2.45) is 11.3 Å². The summed E-state index contributed by atoms with van der Waals surface area (Å²) in [5.74, 6) is 0.480. The molecule has 1 N–H and O–H groups in total. The lowest BCUT2D eigenvalue weighted by Crippen LogP contribution is -2.45. The molecule has 7 heteroatoms. The Kier molecular flexibility index (Phi) is 3.92. The Hall–Kier alpha value is -2.12. The molecule has 0 aliphatic carbocycles. The molecule has 0 spiro atoms. The molecule has 6 nitrogen and oxygen atoms in total. The lowest BCUT2D eigenvalue weighted by Gasteiger charge is -2.33. The molecule has 0 aromatic carbocycles. The van der Waals surface area contributed by atoms with Gasteiger partial charge in [-0.2, -0.15) is 0 Å². The predicted molar refractivity (Wildman–Crippen MR) is 91.7 cm³/mol. The summed E-state index contributed by atoms with van der Waals surface area (Å²) in [5, 5.41) is 9.72. The zero-order chi connectivity index (χ0) is 17.6. The average molecular weight is 361 g/mol. The van der Waals surface area contributed by atoms with Gasteiger partial charge >= 0.3 is 5.97 Å². The summed E-state index contributed by atoms with van der Waals surface area (Å²) in [7, 11) is 0. The molecule has 2 fully saturated rings. The lowest BCUT2D eigenvalue weighted by molar-refractivity contribution is -0.157. The van der Waals surface area contributed by atoms with Crippen molar-refractivity contribution >= 4 is 23.2 Å². The Morgan fingerprint density at radius 3 is 2.84 bits per heavy atom. The summed E-state index contributed by atoms with van der Waals surface area (Å²) in [4.78, 5) is 27.9. The highest BCUT2D eigenvalue weighted by molar-refractivity contribution is 7.17. The standard InChI is InChI=1S/C18H19NO5S/c1-11-2-3-13(24-11)14-4-5-15(25-14)16(20)19-8-12-9-23-7-6-18(12,10-19)17(21)22/h2-5,12H,6-10H2,1H3,(H,21,22)/t12-,18+/m0/s1. The van der Waals surface area contributed by atoms with Crippen LogP contribution < -0.4 is 0 Å². The number of carboxylic acids is 1. The summed E-state index contributed by atoms with van der Waals surface area (Å²) >= 11 is 1.37. The van der Waals surface area contributed by atoms with Gasteiger partial charge in [0.1, 0.15) is 11.5 Å². The second-order valence-electron chi connectivity index (χ2n) is 6.74. The van der Waals surface area contributed by atoms with Crippen LogP contribution in [0.25, 0.3) is 10.6 Å². The molecule has 2 atom stereocenters. The van der Waals surface area contributed by atoms with Crippen LogP contribution in [0.1, 0.15) is 21.9 Å². The Morgan fingerprint density at radius 2 is 2.16 bits per heavy atom. The normalized spacial score (nSPS) is 25.8. The predicted octanol–water partition coefficient (Wildman–Crippen LogP) is 2.88. The summed E-state index contributed by atoms with van der Waals surface area (Å²) < 4.78 is 11.0. The van der Waals surface area contributed by atoms with Gasteiger partial charge in [-0.25, -0.2) is 0 Å². The number of aliphatic carboxylic acids is 1. The van der Waals surface area contributed by atoms with Crippen LogP contribution >= 0.6 is 11.3 Å². The molecular weight excluding hydrogens is 342 g/mol. The Morgan fingerprint density at radius 1 is 1.32 bits per heavy atom. The van der Waals surface area contributed by atoms with E-state index in [-0.39, 0.29) is 18.4 Å². The first-order valence-corrected chi connectivity index (χ1v) is 9.08. The number of carboxylic acid groups (broad SMARTS) is 1. The van der Waals surface area contributed by atoms with Gasteiger partial charge in [0.25, 0.3) is 5.91 Å². The van der Waals surface area contributed by atoms with Crippen molar-refractivity contribution in [3.63, 3.8) is 0 Å². The first kappa shape index (κ1) is 16.4. The average Bonchev–Trinajstić information content (AvgIpc) is 3.31. The third kappa shape index (κ3) is 2.67. The van der Waals surface area contributed by atoms with Gasteiger partial charge in [-0.1, -0.05) is 0 Å². The molecule has 2 aliphatic heterocycles. The summed E-state index contributed by atoms with van der Waals surface area (Å²) in [5.41, 5.74) is -0.869. The fraction of sp³-hybridized carbons (Fsp3) is 0.444. The van der Waals surface area contributed by atoms with Gasteiger partial charge in [-0.15, -0.1) is 11.3 Å². The second-order valence-corrected chi connectivity index (χ2v) is 7.83. The second kappa shape index (κ2) is 6.00. The molecule has 0 saturated carbocycles. The van der Waals surface area contributed by atoms with Crippen LogP contribution in [0.4, 0.5) is 0 Å². The number of hydrogen-bond donors (Lipinski definition) is 1. The molecule has 1 amide bonds. The van der Waals surface area contributed by atoms with Crippen LogP contribution in [0.5, 0.6) is 0 Å². The van der Waals surface area contributed by atoms with Crippen LogP contribution in [0.2, 0.25) is 0 Å². The minimum absolute atomic E-state index is 0.116. The lowest BCUT2D eigenvalue weighted by atomic mass is 9.74. The van der Waals surface area contributed by atoms with Crippen molar-refractivity contribution in [1.29, 1.82) is 0 Å². The quantitative estimate of drug-likeness (QED) is 0.909. The van der Waals surface area contributed by atoms with E-state index in [1.807, 2.05) is 25.1 Å². The maximum absolute atomic E-state index is 12.9. The molecule has 2 aliphatic rings. The third-order valence-electron chi connectivity index (χ3n) is 5.22. The number of amides is 1. The van der Waals surface area contributed by atoms with E-state index in [9.17, 15) is 14.7 Å². The number of nitrogens with zero attached hydrogens (tertiary/aromatic N) is 1. The highest BCUT2D eigenvalue weighted by atomic mass is 32.1. The zero-order valence-corrected chi connectivity index (χ0v) is 14.7. The van der Waals surface area contributed by atoms with E-state index >= 15 is 0 Å². The van der Waals surface area contributed by atoms with Gasteiger partial charge in [0.05, 0.1) is 21.8 Å².